The molecule has 0 aliphatic heterocycles. The molecule has 4 nitrogen and oxygen atoms in total. The minimum Gasteiger partial charge on any atom is -0.469 e. The molecule has 27 heavy (non-hydrogen) atoms. The first kappa shape index (κ1) is 20.6. The zero-order valence-corrected chi connectivity index (χ0v) is 18.3. The molecule has 2 saturated carbocycles. The maximum absolute atomic E-state index is 12.1. The lowest BCUT2D eigenvalue weighted by Gasteiger charge is -2.42. The molecule has 1 spiro atoms. The predicted molar refractivity (Wildman–Crippen MR) is 109 cm³/mol. The lowest BCUT2D eigenvalue weighted by Crippen LogP contribution is -2.47. The number of aliphatic hydroxyl groups is 1. The van der Waals surface area contributed by atoms with Gasteiger partial charge in [-0.2, -0.15) is 0 Å². The Morgan fingerprint density at radius 2 is 1.89 bits per heavy atom. The fourth-order valence-corrected chi connectivity index (χ4v) is 7.88. The van der Waals surface area contributed by atoms with Gasteiger partial charge in [-0.05, 0) is 47.7 Å². The molecule has 1 N–H and O–H groups in total. The van der Waals surface area contributed by atoms with Crippen molar-refractivity contribution >= 4 is 20.2 Å². The van der Waals surface area contributed by atoms with Crippen LogP contribution in [-0.2, 0) is 14.0 Å². The molecule has 5 atom stereocenters. The van der Waals surface area contributed by atoms with E-state index in [4.69, 9.17) is 9.16 Å². The van der Waals surface area contributed by atoms with Crippen molar-refractivity contribution in [2.24, 2.45) is 11.3 Å². The van der Waals surface area contributed by atoms with E-state index in [-0.39, 0.29) is 28.4 Å². The second kappa shape index (κ2) is 8.06. The van der Waals surface area contributed by atoms with Crippen molar-refractivity contribution in [3.05, 3.63) is 30.3 Å². The standard InChI is InChI=1S/C22H34O4Si/c1-21(2,3)27(17-9-6-5-7-10-17)26-16-12-14-22(15-16)13-8-11-18(19(22)23)20(24)25-4/h5-7,9-10,16,18-19,23,27H,8,11-15H2,1-4H3/t16-,18?,19?,22-,27?/m1/s1. The smallest absolute Gasteiger partial charge is 0.311 e. The number of rotatable bonds is 4. The molecule has 3 unspecified atom stereocenters. The van der Waals surface area contributed by atoms with Crippen LogP contribution in [-0.4, -0.2) is 39.4 Å². The van der Waals surface area contributed by atoms with Gasteiger partial charge in [-0.25, -0.2) is 0 Å². The van der Waals surface area contributed by atoms with Crippen LogP contribution in [0.2, 0.25) is 5.04 Å². The molecular formula is C22H34O4Si. The summed E-state index contributed by atoms with van der Waals surface area (Å²) in [5.74, 6) is -0.649. The number of carbonyl (C=O) groups is 1. The minimum atomic E-state index is -1.64. The molecule has 0 heterocycles. The Hall–Kier alpha value is -1.17. The summed E-state index contributed by atoms with van der Waals surface area (Å²) < 4.78 is 11.7. The normalized spacial score (nSPS) is 32.4. The van der Waals surface area contributed by atoms with Crippen LogP contribution in [0.5, 0.6) is 0 Å². The third-order valence-corrected chi connectivity index (χ3v) is 9.74. The van der Waals surface area contributed by atoms with Crippen molar-refractivity contribution in [2.45, 2.75) is 76.5 Å². The SMILES string of the molecule is COC(=O)C1CCC[C@]2(CC[C@@H](O[SiH](c3ccccc3)C(C)(C)C)C2)C1O. The quantitative estimate of drug-likeness (QED) is 0.633. The van der Waals surface area contributed by atoms with Crippen LogP contribution in [0, 0.1) is 11.3 Å². The number of esters is 1. The van der Waals surface area contributed by atoms with E-state index in [1.165, 1.54) is 12.3 Å². The number of aliphatic hydroxyl groups excluding tert-OH is 1. The molecule has 1 aromatic carbocycles. The lowest BCUT2D eigenvalue weighted by molar-refractivity contribution is -0.158. The van der Waals surface area contributed by atoms with Gasteiger partial charge in [0.05, 0.1) is 19.1 Å². The van der Waals surface area contributed by atoms with E-state index in [2.05, 4.69) is 45.0 Å². The van der Waals surface area contributed by atoms with Crippen molar-refractivity contribution in [1.29, 1.82) is 0 Å². The van der Waals surface area contributed by atoms with Gasteiger partial charge in [-0.15, -0.1) is 0 Å². The van der Waals surface area contributed by atoms with Gasteiger partial charge in [-0.1, -0.05) is 57.5 Å². The molecule has 3 rings (SSSR count). The number of hydrogen-bond acceptors (Lipinski definition) is 4. The number of methoxy groups -OCH3 is 1. The molecule has 0 aromatic heterocycles. The summed E-state index contributed by atoms with van der Waals surface area (Å²) in [6.07, 6.45) is 5.00. The molecule has 0 amide bonds. The fourth-order valence-electron chi connectivity index (χ4n) is 5.13. The van der Waals surface area contributed by atoms with Crippen LogP contribution in [0.15, 0.2) is 30.3 Å². The van der Waals surface area contributed by atoms with E-state index in [0.29, 0.717) is 0 Å². The first-order valence-electron chi connectivity index (χ1n) is 10.2. The maximum atomic E-state index is 12.1. The van der Waals surface area contributed by atoms with Crippen molar-refractivity contribution in [1.82, 2.24) is 0 Å². The van der Waals surface area contributed by atoms with Crippen LogP contribution in [0.1, 0.15) is 59.3 Å². The van der Waals surface area contributed by atoms with Gasteiger partial charge in [0, 0.05) is 6.10 Å². The molecule has 0 saturated heterocycles. The summed E-state index contributed by atoms with van der Waals surface area (Å²) in [5.41, 5.74) is -0.185. The Labute approximate surface area is 165 Å². The maximum Gasteiger partial charge on any atom is 0.311 e. The van der Waals surface area contributed by atoms with Crippen molar-refractivity contribution in [2.75, 3.05) is 7.11 Å². The largest absolute Gasteiger partial charge is 0.469 e. The molecule has 2 aliphatic rings. The number of hydrogen-bond donors (Lipinski definition) is 1. The summed E-state index contributed by atoms with van der Waals surface area (Å²) in [4.78, 5) is 12.1. The molecule has 2 aliphatic carbocycles. The van der Waals surface area contributed by atoms with Gasteiger partial charge in [-0.3, -0.25) is 4.79 Å². The van der Waals surface area contributed by atoms with Crippen LogP contribution in [0.25, 0.3) is 0 Å². The molecular weight excluding hydrogens is 356 g/mol. The van der Waals surface area contributed by atoms with E-state index in [1.54, 1.807) is 0 Å². The molecule has 0 radical (unpaired) electrons. The highest BCUT2D eigenvalue weighted by molar-refractivity contribution is 6.70. The molecule has 150 valence electrons. The van der Waals surface area contributed by atoms with Crippen molar-refractivity contribution < 1.29 is 19.1 Å². The van der Waals surface area contributed by atoms with Gasteiger partial charge >= 0.3 is 5.97 Å². The zero-order valence-electron chi connectivity index (χ0n) is 17.1. The lowest BCUT2D eigenvalue weighted by atomic mass is 9.66. The van der Waals surface area contributed by atoms with Crippen LogP contribution < -0.4 is 5.19 Å². The average molecular weight is 391 g/mol. The van der Waals surface area contributed by atoms with Gasteiger partial charge in [0.1, 0.15) is 0 Å². The summed E-state index contributed by atoms with van der Waals surface area (Å²) in [5, 5.41) is 12.5. The van der Waals surface area contributed by atoms with Gasteiger partial charge < -0.3 is 14.3 Å². The van der Waals surface area contributed by atoms with Crippen molar-refractivity contribution in [3.63, 3.8) is 0 Å². The summed E-state index contributed by atoms with van der Waals surface area (Å²) >= 11 is 0. The van der Waals surface area contributed by atoms with Crippen LogP contribution >= 0.6 is 0 Å². The fraction of sp³-hybridized carbons (Fsp3) is 0.682. The first-order chi connectivity index (χ1) is 12.8. The third-order valence-electron chi connectivity index (χ3n) is 6.52. The molecule has 2 fully saturated rings. The Morgan fingerprint density at radius 3 is 2.52 bits per heavy atom. The van der Waals surface area contributed by atoms with Gasteiger partial charge in [0.2, 0.25) is 9.04 Å². The average Bonchev–Trinajstić information content (AvgIpc) is 3.05. The molecule has 5 heteroatoms. The third kappa shape index (κ3) is 4.30. The molecule has 1 aromatic rings. The Bertz CT molecular complexity index is 641. The van der Waals surface area contributed by atoms with Crippen molar-refractivity contribution in [3.8, 4) is 0 Å². The predicted octanol–water partition coefficient (Wildman–Crippen LogP) is 3.31. The van der Waals surface area contributed by atoms with E-state index < -0.39 is 15.1 Å². The highest BCUT2D eigenvalue weighted by Crippen LogP contribution is 2.52. The zero-order chi connectivity index (χ0) is 19.7. The Morgan fingerprint density at radius 1 is 1.19 bits per heavy atom. The number of carbonyl (C=O) groups excluding carboxylic acids is 1. The van der Waals surface area contributed by atoms with Gasteiger partial charge in [0.25, 0.3) is 0 Å². The summed E-state index contributed by atoms with van der Waals surface area (Å²) in [6.45, 7) is 6.80. The second-order valence-electron chi connectivity index (χ2n) is 9.49. The van der Waals surface area contributed by atoms with E-state index in [1.807, 2.05) is 6.07 Å². The number of benzene rings is 1. The van der Waals surface area contributed by atoms with Crippen LogP contribution in [0.4, 0.5) is 0 Å². The summed E-state index contributed by atoms with van der Waals surface area (Å²) in [6, 6.07) is 10.6. The molecule has 0 bridgehead atoms. The van der Waals surface area contributed by atoms with E-state index in [9.17, 15) is 9.90 Å². The van der Waals surface area contributed by atoms with Crippen LogP contribution in [0.3, 0.4) is 0 Å². The second-order valence-corrected chi connectivity index (χ2v) is 12.9. The monoisotopic (exact) mass is 390 g/mol. The van der Waals surface area contributed by atoms with E-state index >= 15 is 0 Å². The first-order valence-corrected chi connectivity index (χ1v) is 11.9. The summed E-state index contributed by atoms with van der Waals surface area (Å²) in [7, 11) is -0.227. The topological polar surface area (TPSA) is 55.8 Å². The number of ether oxygens (including phenoxy) is 1. The highest BCUT2D eigenvalue weighted by Gasteiger charge is 2.52. The van der Waals surface area contributed by atoms with Gasteiger partial charge in [0.15, 0.2) is 0 Å². The highest BCUT2D eigenvalue weighted by atomic mass is 28.3. The minimum absolute atomic E-state index is 0.122. The Balaban J connectivity index is 1.74. The van der Waals surface area contributed by atoms with E-state index in [0.717, 1.165) is 38.5 Å². The Kier molecular flexibility index (Phi) is 6.13.